The van der Waals surface area contributed by atoms with Crippen LogP contribution in [-0.2, 0) is 16.0 Å². The third kappa shape index (κ3) is 3.73. The van der Waals surface area contributed by atoms with Gasteiger partial charge < -0.3 is 9.64 Å². The van der Waals surface area contributed by atoms with Crippen LogP contribution in [0.5, 0.6) is 0 Å². The molecule has 1 aromatic carbocycles. The summed E-state index contributed by atoms with van der Waals surface area (Å²) in [5.41, 5.74) is 0.750. The Kier molecular flexibility index (Phi) is 4.38. The monoisotopic (exact) mass is 315 g/mol. The summed E-state index contributed by atoms with van der Waals surface area (Å²) in [4.78, 5) is 14.9. The summed E-state index contributed by atoms with van der Waals surface area (Å²) in [7, 11) is 0. The predicted octanol–water partition coefficient (Wildman–Crippen LogP) is 1.09. The van der Waals surface area contributed by atoms with Gasteiger partial charge in [-0.15, -0.1) is 5.10 Å². The Balaban J connectivity index is 1.82. The number of hydrogen-bond donors (Lipinski definition) is 0. The number of aromatic nitrogens is 4. The SMILES string of the molecule is CC1(C)CN(C(=O)[C@@H](Cc2ccccc2)n2cnnn2)CCO1. The number of carbonyl (C=O) groups is 1. The second kappa shape index (κ2) is 6.45. The summed E-state index contributed by atoms with van der Waals surface area (Å²) < 4.78 is 7.23. The van der Waals surface area contributed by atoms with E-state index in [9.17, 15) is 4.79 Å². The van der Waals surface area contributed by atoms with Crippen molar-refractivity contribution in [2.45, 2.75) is 31.9 Å². The molecule has 1 fully saturated rings. The van der Waals surface area contributed by atoms with Crippen molar-refractivity contribution >= 4 is 5.91 Å². The molecule has 2 aromatic rings. The molecule has 0 bridgehead atoms. The summed E-state index contributed by atoms with van der Waals surface area (Å²) in [5.74, 6) is 0.0255. The molecule has 0 saturated carbocycles. The summed E-state index contributed by atoms with van der Waals surface area (Å²) in [6, 6.07) is 9.47. The third-order valence-electron chi connectivity index (χ3n) is 3.98. The van der Waals surface area contributed by atoms with Crippen LogP contribution in [0.2, 0.25) is 0 Å². The molecule has 3 rings (SSSR count). The first kappa shape index (κ1) is 15.6. The minimum absolute atomic E-state index is 0.0255. The van der Waals surface area contributed by atoms with E-state index in [-0.39, 0.29) is 11.5 Å². The molecule has 1 aliphatic rings. The molecule has 1 saturated heterocycles. The van der Waals surface area contributed by atoms with Gasteiger partial charge in [-0.3, -0.25) is 4.79 Å². The minimum Gasteiger partial charge on any atom is -0.372 e. The van der Waals surface area contributed by atoms with E-state index in [1.807, 2.05) is 49.1 Å². The quantitative estimate of drug-likeness (QED) is 0.844. The maximum Gasteiger partial charge on any atom is 0.248 e. The Hall–Kier alpha value is -2.28. The number of morpholine rings is 1. The fourth-order valence-corrected chi connectivity index (χ4v) is 2.86. The van der Waals surface area contributed by atoms with Gasteiger partial charge in [0, 0.05) is 19.5 Å². The lowest BCUT2D eigenvalue weighted by molar-refractivity contribution is -0.149. The molecule has 1 atom stereocenters. The highest BCUT2D eigenvalue weighted by Crippen LogP contribution is 2.21. The number of rotatable bonds is 4. The Bertz CT molecular complexity index is 642. The van der Waals surface area contributed by atoms with Crippen molar-refractivity contribution in [2.24, 2.45) is 0 Å². The van der Waals surface area contributed by atoms with Gasteiger partial charge in [0.05, 0.1) is 12.2 Å². The van der Waals surface area contributed by atoms with Gasteiger partial charge in [0.1, 0.15) is 12.4 Å². The van der Waals surface area contributed by atoms with Gasteiger partial charge in [0.15, 0.2) is 0 Å². The minimum atomic E-state index is -0.443. The lowest BCUT2D eigenvalue weighted by Crippen LogP contribution is -2.52. The van der Waals surface area contributed by atoms with Crippen molar-refractivity contribution in [1.29, 1.82) is 0 Å². The lowest BCUT2D eigenvalue weighted by Gasteiger charge is -2.39. The van der Waals surface area contributed by atoms with Crippen molar-refractivity contribution in [3.63, 3.8) is 0 Å². The van der Waals surface area contributed by atoms with E-state index in [1.165, 1.54) is 11.0 Å². The van der Waals surface area contributed by atoms with Gasteiger partial charge in [0.2, 0.25) is 5.91 Å². The van der Waals surface area contributed by atoms with Crippen LogP contribution in [0.1, 0.15) is 25.5 Å². The van der Waals surface area contributed by atoms with Crippen molar-refractivity contribution in [2.75, 3.05) is 19.7 Å². The third-order valence-corrected chi connectivity index (χ3v) is 3.98. The molecule has 1 aromatic heterocycles. The molecular weight excluding hydrogens is 294 g/mol. The zero-order valence-corrected chi connectivity index (χ0v) is 13.4. The van der Waals surface area contributed by atoms with E-state index in [1.54, 1.807) is 0 Å². The normalized spacial score (nSPS) is 18.6. The Morgan fingerprint density at radius 2 is 2.13 bits per heavy atom. The Labute approximate surface area is 135 Å². The molecule has 0 unspecified atom stereocenters. The van der Waals surface area contributed by atoms with Crippen LogP contribution in [0.25, 0.3) is 0 Å². The molecular formula is C16H21N5O2. The van der Waals surface area contributed by atoms with Crippen LogP contribution in [-0.4, -0.2) is 56.3 Å². The molecule has 0 radical (unpaired) electrons. The zero-order chi connectivity index (χ0) is 16.3. The van der Waals surface area contributed by atoms with E-state index in [0.717, 1.165) is 5.56 Å². The standard InChI is InChI=1S/C16H21N5O2/c1-16(2)11-20(8-9-23-16)15(22)14(21-12-17-18-19-21)10-13-6-4-3-5-7-13/h3-7,12,14H,8-11H2,1-2H3/t14-/m1/s1. The van der Waals surface area contributed by atoms with Crippen molar-refractivity contribution < 1.29 is 9.53 Å². The van der Waals surface area contributed by atoms with Crippen LogP contribution in [0.4, 0.5) is 0 Å². The van der Waals surface area contributed by atoms with Crippen LogP contribution in [0.3, 0.4) is 0 Å². The Morgan fingerprint density at radius 1 is 1.35 bits per heavy atom. The number of ether oxygens (including phenoxy) is 1. The number of hydrogen-bond acceptors (Lipinski definition) is 5. The molecule has 0 aliphatic carbocycles. The Morgan fingerprint density at radius 3 is 2.78 bits per heavy atom. The van der Waals surface area contributed by atoms with E-state index >= 15 is 0 Å². The van der Waals surface area contributed by atoms with Crippen LogP contribution in [0, 0.1) is 0 Å². The van der Waals surface area contributed by atoms with Gasteiger partial charge in [-0.25, -0.2) is 4.68 Å². The average molecular weight is 315 g/mol. The molecule has 23 heavy (non-hydrogen) atoms. The molecule has 2 heterocycles. The van der Waals surface area contributed by atoms with Crippen molar-refractivity contribution in [3.05, 3.63) is 42.2 Å². The van der Waals surface area contributed by atoms with Crippen LogP contribution in [0.15, 0.2) is 36.7 Å². The van der Waals surface area contributed by atoms with Gasteiger partial charge in [-0.1, -0.05) is 30.3 Å². The van der Waals surface area contributed by atoms with Crippen molar-refractivity contribution in [3.8, 4) is 0 Å². The lowest BCUT2D eigenvalue weighted by atomic mass is 10.0. The predicted molar refractivity (Wildman–Crippen MR) is 83.6 cm³/mol. The molecule has 7 nitrogen and oxygen atoms in total. The fraction of sp³-hybridized carbons (Fsp3) is 0.500. The summed E-state index contributed by atoms with van der Waals surface area (Å²) in [6.45, 7) is 5.70. The van der Waals surface area contributed by atoms with E-state index in [4.69, 9.17) is 4.74 Å². The molecule has 0 N–H and O–H groups in total. The number of benzene rings is 1. The fourth-order valence-electron chi connectivity index (χ4n) is 2.86. The first-order chi connectivity index (χ1) is 11.1. The van der Waals surface area contributed by atoms with E-state index in [2.05, 4.69) is 15.5 Å². The summed E-state index contributed by atoms with van der Waals surface area (Å²) >= 11 is 0. The topological polar surface area (TPSA) is 73.1 Å². The van der Waals surface area contributed by atoms with Crippen LogP contribution >= 0.6 is 0 Å². The molecule has 1 aliphatic heterocycles. The molecule has 1 amide bonds. The largest absolute Gasteiger partial charge is 0.372 e. The zero-order valence-electron chi connectivity index (χ0n) is 13.4. The molecule has 122 valence electrons. The number of nitrogens with zero attached hydrogens (tertiary/aromatic N) is 5. The average Bonchev–Trinajstić information content (AvgIpc) is 3.06. The van der Waals surface area contributed by atoms with E-state index in [0.29, 0.717) is 26.1 Å². The summed E-state index contributed by atoms with van der Waals surface area (Å²) in [6.07, 6.45) is 2.06. The summed E-state index contributed by atoms with van der Waals surface area (Å²) in [5, 5.41) is 11.3. The number of carbonyl (C=O) groups excluding carboxylic acids is 1. The van der Waals surface area contributed by atoms with Crippen LogP contribution < -0.4 is 0 Å². The molecule has 0 spiro atoms. The smallest absolute Gasteiger partial charge is 0.248 e. The second-order valence-electron chi connectivity index (χ2n) is 6.36. The highest BCUT2D eigenvalue weighted by atomic mass is 16.5. The maximum atomic E-state index is 13.0. The van der Waals surface area contributed by atoms with E-state index < -0.39 is 6.04 Å². The van der Waals surface area contributed by atoms with Gasteiger partial charge in [-0.2, -0.15) is 0 Å². The number of tetrazole rings is 1. The van der Waals surface area contributed by atoms with Gasteiger partial charge in [-0.05, 0) is 29.8 Å². The van der Waals surface area contributed by atoms with Gasteiger partial charge in [0.25, 0.3) is 0 Å². The molecule has 7 heteroatoms. The highest BCUT2D eigenvalue weighted by Gasteiger charge is 2.34. The highest BCUT2D eigenvalue weighted by molar-refractivity contribution is 5.80. The van der Waals surface area contributed by atoms with Crippen molar-refractivity contribution in [1.82, 2.24) is 25.1 Å². The van der Waals surface area contributed by atoms with Gasteiger partial charge >= 0.3 is 0 Å². The second-order valence-corrected chi connectivity index (χ2v) is 6.36. The first-order valence-corrected chi connectivity index (χ1v) is 7.74. The maximum absolute atomic E-state index is 13.0. The first-order valence-electron chi connectivity index (χ1n) is 7.74. The number of amides is 1.